The topological polar surface area (TPSA) is 108 Å². The highest BCUT2D eigenvalue weighted by atomic mass is 32.2. The third kappa shape index (κ3) is 9.25. The maximum absolute atomic E-state index is 12.5. The van der Waals surface area contributed by atoms with Crippen molar-refractivity contribution in [2.75, 3.05) is 12.9 Å². The van der Waals surface area contributed by atoms with Crippen LogP contribution < -0.4 is 4.74 Å². The molecule has 1 atom stereocenters. The summed E-state index contributed by atoms with van der Waals surface area (Å²) in [4.78, 5) is 42.1. The summed E-state index contributed by atoms with van der Waals surface area (Å²) in [5, 5.41) is 0.199. The number of hydroxylamine groups is 2. The second-order valence-electron chi connectivity index (χ2n) is 8.20. The lowest BCUT2D eigenvalue weighted by Crippen LogP contribution is -2.43. The summed E-state index contributed by atoms with van der Waals surface area (Å²) >= 11 is 0. The summed E-state index contributed by atoms with van der Waals surface area (Å²) in [5.74, 6) is -0.382. The van der Waals surface area contributed by atoms with Crippen LogP contribution in [0, 0.1) is 0 Å². The first kappa shape index (κ1) is 25.4. The summed E-state index contributed by atoms with van der Waals surface area (Å²) in [6.07, 6.45) is -2.74. The van der Waals surface area contributed by atoms with Gasteiger partial charge in [0.25, 0.3) is 5.91 Å². The predicted octanol–water partition coefficient (Wildman–Crippen LogP) is 3.82. The van der Waals surface area contributed by atoms with E-state index in [1.165, 1.54) is 7.11 Å². The minimum Gasteiger partial charge on any atom is -0.497 e. The van der Waals surface area contributed by atoms with E-state index in [9.17, 15) is 18.6 Å². The molecule has 0 aromatic heterocycles. The normalized spacial score (nSPS) is 12.5. The lowest BCUT2D eigenvalue weighted by Gasteiger charge is -2.26. The Morgan fingerprint density at radius 1 is 0.933 bits per heavy atom. The molecule has 30 heavy (non-hydrogen) atoms. The molecular formula is C20H29NO8S. The van der Waals surface area contributed by atoms with E-state index in [1.807, 2.05) is 0 Å². The van der Waals surface area contributed by atoms with Crippen molar-refractivity contribution in [3.63, 3.8) is 0 Å². The first-order valence-corrected chi connectivity index (χ1v) is 10.5. The van der Waals surface area contributed by atoms with Gasteiger partial charge in [-0.15, -0.1) is 0 Å². The Labute approximate surface area is 179 Å². The molecule has 10 heteroatoms. The van der Waals surface area contributed by atoms with Gasteiger partial charge in [0, 0.05) is 17.1 Å². The van der Waals surface area contributed by atoms with E-state index < -0.39 is 40.2 Å². The van der Waals surface area contributed by atoms with Gasteiger partial charge in [-0.25, -0.2) is 9.59 Å². The Hall–Kier alpha value is -2.62. The quantitative estimate of drug-likeness (QED) is 0.499. The Kier molecular flexibility index (Phi) is 8.83. The minimum atomic E-state index is -1.52. The largest absolute Gasteiger partial charge is 0.534 e. The van der Waals surface area contributed by atoms with E-state index in [-0.39, 0.29) is 17.2 Å². The van der Waals surface area contributed by atoms with Crippen LogP contribution in [0.1, 0.15) is 48.0 Å². The van der Waals surface area contributed by atoms with E-state index in [2.05, 4.69) is 0 Å². The van der Waals surface area contributed by atoms with E-state index in [0.29, 0.717) is 10.6 Å². The molecule has 9 nitrogen and oxygen atoms in total. The number of nitrogens with zero attached hydrogens (tertiary/aromatic N) is 1. The molecule has 0 aliphatic heterocycles. The monoisotopic (exact) mass is 443 g/mol. The fraction of sp³-hybridized carbons (Fsp3) is 0.550. The van der Waals surface area contributed by atoms with Crippen LogP contribution in [0.4, 0.5) is 9.59 Å². The fourth-order valence-electron chi connectivity index (χ4n) is 1.96. The molecule has 0 spiro atoms. The molecule has 1 aromatic carbocycles. The van der Waals surface area contributed by atoms with Gasteiger partial charge < -0.3 is 14.2 Å². The van der Waals surface area contributed by atoms with Crippen molar-refractivity contribution in [2.45, 2.75) is 64.1 Å². The Balaban J connectivity index is 2.85. The molecule has 1 rings (SSSR count). The second kappa shape index (κ2) is 10.4. The van der Waals surface area contributed by atoms with E-state index in [0.717, 1.165) is 0 Å². The standard InChI is InChI=1S/C20H29NO8S/c1-19(2,3)27-17(23)21(29-18(24)28-20(4,5)6)16(22)12-13-30(25)15-10-8-14(26-7)9-11-15/h8-11H,12-13H2,1-7H3. The fourth-order valence-corrected chi connectivity index (χ4v) is 3.00. The minimum absolute atomic E-state index is 0.0951. The van der Waals surface area contributed by atoms with E-state index in [1.54, 1.807) is 65.8 Å². The third-order valence-corrected chi connectivity index (χ3v) is 4.54. The van der Waals surface area contributed by atoms with Crippen molar-refractivity contribution >= 4 is 29.0 Å². The lowest BCUT2D eigenvalue weighted by molar-refractivity contribution is -0.170. The highest BCUT2D eigenvalue weighted by Gasteiger charge is 2.33. The van der Waals surface area contributed by atoms with Crippen molar-refractivity contribution in [1.82, 2.24) is 5.06 Å². The van der Waals surface area contributed by atoms with E-state index in [4.69, 9.17) is 19.0 Å². The molecule has 1 unspecified atom stereocenters. The van der Waals surface area contributed by atoms with Crippen LogP contribution in [0.3, 0.4) is 0 Å². The zero-order valence-corrected chi connectivity index (χ0v) is 19.2. The molecule has 0 fully saturated rings. The van der Waals surface area contributed by atoms with E-state index >= 15 is 0 Å². The highest BCUT2D eigenvalue weighted by molar-refractivity contribution is 7.85. The number of amides is 2. The smallest absolute Gasteiger partial charge is 0.497 e. The Morgan fingerprint density at radius 3 is 1.93 bits per heavy atom. The summed E-state index contributed by atoms with van der Waals surface area (Å²) in [5.41, 5.74) is -1.82. The summed E-state index contributed by atoms with van der Waals surface area (Å²) in [7, 11) is -0.00405. The number of hydrogen-bond donors (Lipinski definition) is 0. The van der Waals surface area contributed by atoms with Gasteiger partial charge in [0.1, 0.15) is 17.0 Å². The molecule has 0 radical (unpaired) electrons. The molecule has 0 bridgehead atoms. The number of carbonyl (C=O) groups is 3. The van der Waals surface area contributed by atoms with Crippen molar-refractivity contribution in [3.05, 3.63) is 24.3 Å². The first-order valence-electron chi connectivity index (χ1n) is 9.21. The van der Waals surface area contributed by atoms with Crippen LogP contribution in [0.2, 0.25) is 0 Å². The van der Waals surface area contributed by atoms with Crippen LogP contribution in [0.25, 0.3) is 0 Å². The first-order chi connectivity index (χ1) is 13.7. The molecule has 2 amide bonds. The molecular weight excluding hydrogens is 414 g/mol. The van der Waals surface area contributed by atoms with Gasteiger partial charge in [-0.1, -0.05) is 5.06 Å². The third-order valence-electron chi connectivity index (χ3n) is 3.16. The van der Waals surface area contributed by atoms with Gasteiger partial charge in [0.15, 0.2) is 0 Å². The average molecular weight is 444 g/mol. The van der Waals surface area contributed by atoms with Gasteiger partial charge in [-0.2, -0.15) is 0 Å². The lowest BCUT2D eigenvalue weighted by atomic mass is 10.2. The number of rotatable bonds is 5. The molecule has 1 aromatic rings. The van der Waals surface area contributed by atoms with Crippen LogP contribution in [-0.4, -0.2) is 51.5 Å². The molecule has 0 saturated carbocycles. The molecule has 0 aliphatic rings. The average Bonchev–Trinajstić information content (AvgIpc) is 2.61. The number of imide groups is 1. The second-order valence-corrected chi connectivity index (χ2v) is 9.77. The van der Waals surface area contributed by atoms with Gasteiger partial charge >= 0.3 is 12.2 Å². The van der Waals surface area contributed by atoms with Crippen molar-refractivity contribution in [2.24, 2.45) is 0 Å². The van der Waals surface area contributed by atoms with Crippen molar-refractivity contribution in [3.8, 4) is 5.75 Å². The number of methoxy groups -OCH3 is 1. The van der Waals surface area contributed by atoms with Crippen LogP contribution in [0.15, 0.2) is 29.2 Å². The Morgan fingerprint density at radius 2 is 1.47 bits per heavy atom. The summed E-state index contributed by atoms with van der Waals surface area (Å²) in [6, 6.07) is 6.52. The Bertz CT molecular complexity index is 777. The number of benzene rings is 1. The van der Waals surface area contributed by atoms with Crippen molar-refractivity contribution in [1.29, 1.82) is 0 Å². The molecule has 0 aliphatic carbocycles. The maximum atomic E-state index is 12.5. The van der Waals surface area contributed by atoms with Crippen LogP contribution in [0.5, 0.6) is 5.75 Å². The summed E-state index contributed by atoms with van der Waals surface area (Å²) in [6.45, 7) is 9.60. The van der Waals surface area contributed by atoms with Gasteiger partial charge in [0.05, 0.1) is 17.9 Å². The number of hydrogen-bond acceptors (Lipinski definition) is 8. The molecule has 0 N–H and O–H groups in total. The molecule has 0 heterocycles. The zero-order chi connectivity index (χ0) is 23.1. The van der Waals surface area contributed by atoms with Crippen LogP contribution in [-0.2, 0) is 29.9 Å². The summed E-state index contributed by atoms with van der Waals surface area (Å²) < 4.78 is 27.6. The van der Waals surface area contributed by atoms with Gasteiger partial charge in [0.2, 0.25) is 0 Å². The SMILES string of the molecule is COc1ccc(S(=O)CCC(=O)N(OC(=O)OC(C)(C)C)C(=O)OC(C)(C)C)cc1. The van der Waals surface area contributed by atoms with Crippen molar-refractivity contribution < 1.29 is 37.6 Å². The zero-order valence-electron chi connectivity index (χ0n) is 18.3. The highest BCUT2D eigenvalue weighted by Crippen LogP contribution is 2.17. The van der Waals surface area contributed by atoms with Gasteiger partial charge in [-0.05, 0) is 65.8 Å². The van der Waals surface area contributed by atoms with Crippen LogP contribution >= 0.6 is 0 Å². The van der Waals surface area contributed by atoms with Gasteiger partial charge in [-0.3, -0.25) is 13.8 Å². The number of carbonyl (C=O) groups excluding carboxylic acids is 3. The molecule has 0 saturated heterocycles. The maximum Gasteiger partial charge on any atom is 0.534 e. The molecule has 168 valence electrons. The number of ether oxygens (including phenoxy) is 3. The predicted molar refractivity (Wildman–Crippen MR) is 109 cm³/mol.